The molecule has 3 atom stereocenters. The van der Waals surface area contributed by atoms with Crippen LogP contribution >= 0.6 is 24.0 Å². The summed E-state index contributed by atoms with van der Waals surface area (Å²) < 4.78 is 18.3. The zero-order chi connectivity index (χ0) is 15.4. The first kappa shape index (κ1) is 19.0. The molecule has 0 spiro atoms. The molecule has 0 bridgehead atoms. The molecular formula is C14H19Cl2FN2O3. The number of β-amino-alcohol motifs (C(OH)–C–C–N with tert-alkyl or cyclic N) is 1. The lowest BCUT2D eigenvalue weighted by Gasteiger charge is -2.18. The molecule has 1 fully saturated rings. The molecule has 1 aliphatic heterocycles. The Labute approximate surface area is 139 Å². The highest BCUT2D eigenvalue weighted by molar-refractivity contribution is 6.32. The van der Waals surface area contributed by atoms with Gasteiger partial charge >= 0.3 is 0 Å². The van der Waals surface area contributed by atoms with Gasteiger partial charge in [-0.05, 0) is 25.1 Å². The molecule has 22 heavy (non-hydrogen) atoms. The fourth-order valence-corrected chi connectivity index (χ4v) is 2.33. The Kier molecular flexibility index (Phi) is 7.35. The number of ether oxygens (including phenoxy) is 1. The Hall–Kier alpha value is -1.08. The fourth-order valence-electron chi connectivity index (χ4n) is 2.12. The first-order chi connectivity index (χ1) is 9.97. The van der Waals surface area contributed by atoms with Crippen LogP contribution in [0.3, 0.4) is 0 Å². The van der Waals surface area contributed by atoms with Gasteiger partial charge in [0.2, 0.25) is 0 Å². The third-order valence-corrected chi connectivity index (χ3v) is 3.70. The van der Waals surface area contributed by atoms with Gasteiger partial charge in [-0.15, -0.1) is 12.4 Å². The summed E-state index contributed by atoms with van der Waals surface area (Å²) in [5.41, 5.74) is 0. The summed E-state index contributed by atoms with van der Waals surface area (Å²) in [4.78, 5) is 11.9. The van der Waals surface area contributed by atoms with Crippen LogP contribution < -0.4 is 15.4 Å². The van der Waals surface area contributed by atoms with Crippen LogP contribution in [0, 0.1) is 11.7 Å². The van der Waals surface area contributed by atoms with E-state index >= 15 is 0 Å². The Bertz CT molecular complexity index is 519. The van der Waals surface area contributed by atoms with Crippen LogP contribution in [-0.4, -0.2) is 42.9 Å². The Morgan fingerprint density at radius 3 is 2.91 bits per heavy atom. The van der Waals surface area contributed by atoms with E-state index in [4.69, 9.17) is 16.3 Å². The van der Waals surface area contributed by atoms with Crippen molar-refractivity contribution in [3.8, 4) is 5.75 Å². The molecule has 1 amide bonds. The van der Waals surface area contributed by atoms with E-state index in [1.165, 1.54) is 12.1 Å². The number of aliphatic hydroxyl groups is 1. The van der Waals surface area contributed by atoms with Gasteiger partial charge in [0.05, 0.1) is 11.1 Å². The monoisotopic (exact) mass is 352 g/mol. The maximum Gasteiger partial charge on any atom is 0.260 e. The normalized spacial score (nSPS) is 21.8. The zero-order valence-corrected chi connectivity index (χ0v) is 13.6. The summed E-state index contributed by atoms with van der Waals surface area (Å²) in [6.07, 6.45) is -1.22. The van der Waals surface area contributed by atoms with E-state index in [-0.39, 0.29) is 35.0 Å². The minimum absolute atomic E-state index is 0. The van der Waals surface area contributed by atoms with Crippen LogP contribution in [0.25, 0.3) is 0 Å². The quantitative estimate of drug-likeness (QED) is 0.748. The number of benzene rings is 1. The van der Waals surface area contributed by atoms with Crippen LogP contribution in [0.1, 0.15) is 6.92 Å². The number of carbonyl (C=O) groups excluding carboxylic acids is 1. The number of amides is 1. The number of aliphatic hydroxyl groups excluding tert-OH is 1. The second kappa shape index (κ2) is 8.53. The maximum atomic E-state index is 12.9. The molecule has 3 unspecified atom stereocenters. The standard InChI is InChI=1S/C14H18ClFN2O3.ClH/c1-8(21-13-3-2-10(16)4-11(13)15)14(20)18-6-9-5-17-7-12(9)19;/h2-4,8-9,12,17,19H,5-7H2,1H3,(H,18,20);1H. The number of rotatable bonds is 5. The van der Waals surface area contributed by atoms with Crippen molar-refractivity contribution in [1.29, 1.82) is 0 Å². The molecule has 0 aromatic heterocycles. The van der Waals surface area contributed by atoms with Crippen molar-refractivity contribution in [3.05, 3.63) is 29.0 Å². The van der Waals surface area contributed by atoms with Gasteiger partial charge in [-0.3, -0.25) is 4.79 Å². The molecule has 0 aliphatic carbocycles. The lowest BCUT2D eigenvalue weighted by atomic mass is 10.1. The summed E-state index contributed by atoms with van der Waals surface area (Å²) in [5.74, 6) is -0.527. The minimum atomic E-state index is -0.764. The smallest absolute Gasteiger partial charge is 0.260 e. The zero-order valence-electron chi connectivity index (χ0n) is 12.0. The van der Waals surface area contributed by atoms with E-state index in [9.17, 15) is 14.3 Å². The maximum absolute atomic E-state index is 12.9. The van der Waals surface area contributed by atoms with E-state index in [2.05, 4.69) is 10.6 Å². The van der Waals surface area contributed by atoms with E-state index in [1.807, 2.05) is 0 Å². The Morgan fingerprint density at radius 1 is 1.59 bits per heavy atom. The Balaban J connectivity index is 0.00000242. The van der Waals surface area contributed by atoms with Crippen LogP contribution in [0.4, 0.5) is 4.39 Å². The van der Waals surface area contributed by atoms with Crippen molar-refractivity contribution in [2.45, 2.75) is 19.1 Å². The van der Waals surface area contributed by atoms with Gasteiger partial charge in [-0.2, -0.15) is 0 Å². The van der Waals surface area contributed by atoms with E-state index < -0.39 is 18.0 Å². The molecule has 1 heterocycles. The molecule has 3 N–H and O–H groups in total. The summed E-state index contributed by atoms with van der Waals surface area (Å²) in [5, 5.41) is 15.5. The summed E-state index contributed by atoms with van der Waals surface area (Å²) in [7, 11) is 0. The first-order valence-electron chi connectivity index (χ1n) is 6.75. The van der Waals surface area contributed by atoms with Gasteiger partial charge in [0.15, 0.2) is 6.10 Å². The predicted molar refractivity (Wildman–Crippen MR) is 84.1 cm³/mol. The average molecular weight is 353 g/mol. The van der Waals surface area contributed by atoms with E-state index in [0.29, 0.717) is 19.6 Å². The molecule has 0 radical (unpaired) electrons. The lowest BCUT2D eigenvalue weighted by Crippen LogP contribution is -2.41. The first-order valence-corrected chi connectivity index (χ1v) is 7.13. The molecule has 1 saturated heterocycles. The molecule has 8 heteroatoms. The number of halogens is 3. The van der Waals surface area contributed by atoms with Gasteiger partial charge in [-0.25, -0.2) is 4.39 Å². The largest absolute Gasteiger partial charge is 0.479 e. The van der Waals surface area contributed by atoms with Gasteiger partial charge in [0, 0.05) is 25.6 Å². The van der Waals surface area contributed by atoms with Crippen molar-refractivity contribution in [2.75, 3.05) is 19.6 Å². The third-order valence-electron chi connectivity index (χ3n) is 3.41. The summed E-state index contributed by atoms with van der Waals surface area (Å²) >= 11 is 5.84. The minimum Gasteiger partial charge on any atom is -0.479 e. The summed E-state index contributed by atoms with van der Waals surface area (Å²) in [6, 6.07) is 3.72. The molecule has 124 valence electrons. The van der Waals surface area contributed by atoms with Crippen molar-refractivity contribution in [2.24, 2.45) is 5.92 Å². The average Bonchev–Trinajstić information content (AvgIpc) is 2.84. The number of nitrogens with one attached hydrogen (secondary N) is 2. The van der Waals surface area contributed by atoms with Crippen LogP contribution in [-0.2, 0) is 4.79 Å². The molecule has 1 aromatic rings. The Morgan fingerprint density at radius 2 is 2.32 bits per heavy atom. The van der Waals surface area contributed by atoms with E-state index in [0.717, 1.165) is 6.07 Å². The van der Waals surface area contributed by atoms with Gasteiger partial charge in [0.25, 0.3) is 5.91 Å². The van der Waals surface area contributed by atoms with Gasteiger partial charge in [0.1, 0.15) is 11.6 Å². The van der Waals surface area contributed by atoms with Gasteiger partial charge < -0.3 is 20.5 Å². The van der Waals surface area contributed by atoms with Crippen molar-refractivity contribution < 1.29 is 19.0 Å². The topological polar surface area (TPSA) is 70.6 Å². The van der Waals surface area contributed by atoms with Gasteiger partial charge in [-0.1, -0.05) is 11.6 Å². The van der Waals surface area contributed by atoms with Crippen LogP contribution in [0.2, 0.25) is 5.02 Å². The molecule has 1 aliphatic rings. The molecule has 0 saturated carbocycles. The van der Waals surface area contributed by atoms with Crippen molar-refractivity contribution >= 4 is 29.9 Å². The highest BCUT2D eigenvalue weighted by atomic mass is 35.5. The fraction of sp³-hybridized carbons (Fsp3) is 0.500. The highest BCUT2D eigenvalue weighted by Gasteiger charge is 2.26. The highest BCUT2D eigenvalue weighted by Crippen LogP contribution is 2.25. The second-order valence-electron chi connectivity index (χ2n) is 5.07. The summed E-state index contributed by atoms with van der Waals surface area (Å²) in [6.45, 7) is 3.16. The molecule has 2 rings (SSSR count). The molecular weight excluding hydrogens is 334 g/mol. The molecule has 5 nitrogen and oxygen atoms in total. The predicted octanol–water partition coefficient (Wildman–Crippen LogP) is 1.36. The van der Waals surface area contributed by atoms with Crippen LogP contribution in [0.5, 0.6) is 5.75 Å². The lowest BCUT2D eigenvalue weighted by molar-refractivity contribution is -0.127. The number of hydrogen-bond acceptors (Lipinski definition) is 4. The van der Waals surface area contributed by atoms with Crippen molar-refractivity contribution in [1.82, 2.24) is 10.6 Å². The number of carbonyl (C=O) groups is 1. The van der Waals surface area contributed by atoms with E-state index in [1.54, 1.807) is 6.92 Å². The SMILES string of the molecule is CC(Oc1ccc(F)cc1Cl)C(=O)NCC1CNCC1O.Cl. The second-order valence-corrected chi connectivity index (χ2v) is 5.47. The van der Waals surface area contributed by atoms with Crippen LogP contribution in [0.15, 0.2) is 18.2 Å². The van der Waals surface area contributed by atoms with Crippen molar-refractivity contribution in [3.63, 3.8) is 0 Å². The number of hydrogen-bond donors (Lipinski definition) is 3. The third kappa shape index (κ3) is 4.98. The molecule has 1 aromatic carbocycles.